The summed E-state index contributed by atoms with van der Waals surface area (Å²) in [4.78, 5) is 23.3. The van der Waals surface area contributed by atoms with Gasteiger partial charge in [0.1, 0.15) is 0 Å². The van der Waals surface area contributed by atoms with Gasteiger partial charge in [-0.2, -0.15) is 0 Å². The Kier molecular flexibility index (Phi) is 5.47. The number of allylic oxidation sites excluding steroid dienone is 1. The Morgan fingerprint density at radius 3 is 2.11 bits per heavy atom. The molecule has 0 unspecified atom stereocenters. The molecule has 0 aromatic heterocycles. The van der Waals surface area contributed by atoms with Gasteiger partial charge in [0.2, 0.25) is 0 Å². The summed E-state index contributed by atoms with van der Waals surface area (Å²) in [6.45, 7) is 1.81. The highest BCUT2D eigenvalue weighted by Crippen LogP contribution is 2.20. The second-order valence-corrected chi connectivity index (χ2v) is 6.12. The van der Waals surface area contributed by atoms with E-state index < -0.39 is 5.97 Å². The highest BCUT2D eigenvalue weighted by molar-refractivity contribution is 6.04. The third-order valence-corrected chi connectivity index (χ3v) is 4.22. The van der Waals surface area contributed by atoms with Gasteiger partial charge in [-0.25, -0.2) is 4.79 Å². The number of ketones is 1. The van der Waals surface area contributed by atoms with Crippen molar-refractivity contribution >= 4 is 17.4 Å². The van der Waals surface area contributed by atoms with Crippen molar-refractivity contribution < 1.29 is 14.7 Å². The van der Waals surface area contributed by atoms with Gasteiger partial charge in [-0.05, 0) is 41.8 Å². The molecule has 0 aliphatic rings. The number of hydrogen-bond acceptors (Lipinski definition) is 3. The van der Waals surface area contributed by atoms with E-state index in [0.29, 0.717) is 5.56 Å². The molecule has 0 saturated carbocycles. The van der Waals surface area contributed by atoms with E-state index in [1.165, 1.54) is 12.1 Å². The summed E-state index contributed by atoms with van der Waals surface area (Å²) in [5.41, 5.74) is 4.54. The van der Waals surface area contributed by atoms with E-state index in [4.69, 9.17) is 5.11 Å². The molecule has 27 heavy (non-hydrogen) atoms. The maximum atomic E-state index is 12.3. The second-order valence-electron chi connectivity index (χ2n) is 6.12. The number of carbonyl (C=O) groups excluding carboxylic acids is 1. The summed E-state index contributed by atoms with van der Waals surface area (Å²) in [7, 11) is 0. The lowest BCUT2D eigenvalue weighted by Crippen LogP contribution is -2.00. The molecule has 0 atom stereocenters. The van der Waals surface area contributed by atoms with E-state index in [1.807, 2.05) is 61.5 Å². The molecule has 0 heterocycles. The summed E-state index contributed by atoms with van der Waals surface area (Å²) in [5.74, 6) is -1.07. The lowest BCUT2D eigenvalue weighted by molar-refractivity contribution is 0.0696. The van der Waals surface area contributed by atoms with Crippen LogP contribution in [0.3, 0.4) is 0 Å². The molecule has 0 aliphatic heterocycles. The summed E-state index contributed by atoms with van der Waals surface area (Å²) in [5, 5.41) is 12.0. The zero-order valence-electron chi connectivity index (χ0n) is 14.8. The van der Waals surface area contributed by atoms with Gasteiger partial charge >= 0.3 is 5.97 Å². The molecule has 3 aromatic rings. The van der Waals surface area contributed by atoms with Crippen molar-refractivity contribution in [3.05, 3.63) is 102 Å². The van der Waals surface area contributed by atoms with E-state index in [-0.39, 0.29) is 11.3 Å². The fourth-order valence-corrected chi connectivity index (χ4v) is 2.72. The number of benzene rings is 3. The molecule has 0 fully saturated rings. The van der Waals surface area contributed by atoms with Crippen molar-refractivity contribution in [3.63, 3.8) is 0 Å². The maximum absolute atomic E-state index is 12.3. The van der Waals surface area contributed by atoms with Crippen LogP contribution in [-0.4, -0.2) is 16.9 Å². The van der Waals surface area contributed by atoms with E-state index >= 15 is 0 Å². The molecule has 3 aromatic carbocycles. The van der Waals surface area contributed by atoms with Crippen LogP contribution in [0.4, 0.5) is 5.69 Å². The largest absolute Gasteiger partial charge is 0.478 e. The van der Waals surface area contributed by atoms with Gasteiger partial charge in [-0.15, -0.1) is 0 Å². The molecule has 0 radical (unpaired) electrons. The molecular weight excluding hydrogens is 338 g/mol. The van der Waals surface area contributed by atoms with Crippen LogP contribution in [0.15, 0.2) is 85.1 Å². The van der Waals surface area contributed by atoms with E-state index in [2.05, 4.69) is 5.32 Å². The summed E-state index contributed by atoms with van der Waals surface area (Å²) in [6.07, 6.45) is 3.03. The Bertz CT molecular complexity index is 990. The van der Waals surface area contributed by atoms with Gasteiger partial charge in [-0.1, -0.05) is 54.6 Å². The molecule has 0 saturated heterocycles. The summed E-state index contributed by atoms with van der Waals surface area (Å²) in [6, 6.07) is 22.2. The summed E-state index contributed by atoms with van der Waals surface area (Å²) >= 11 is 0. The zero-order valence-corrected chi connectivity index (χ0v) is 14.8. The molecule has 4 heteroatoms. The molecule has 2 N–H and O–H groups in total. The zero-order chi connectivity index (χ0) is 19.2. The molecule has 0 bridgehead atoms. The third kappa shape index (κ3) is 4.50. The predicted molar refractivity (Wildman–Crippen MR) is 107 cm³/mol. The number of carboxylic acid groups (broad SMARTS) is 1. The van der Waals surface area contributed by atoms with Crippen LogP contribution < -0.4 is 5.32 Å². The number of aromatic carboxylic acids is 1. The number of carbonyl (C=O) groups is 2. The lowest BCUT2D eigenvalue weighted by atomic mass is 10.0. The van der Waals surface area contributed by atoms with Crippen LogP contribution >= 0.6 is 0 Å². The number of carboxylic acids is 1. The van der Waals surface area contributed by atoms with Crippen LogP contribution in [0.25, 0.3) is 11.1 Å². The topological polar surface area (TPSA) is 66.4 Å². The average Bonchev–Trinajstić information content (AvgIpc) is 2.69. The number of anilines is 1. The van der Waals surface area contributed by atoms with Crippen molar-refractivity contribution in [3.8, 4) is 11.1 Å². The Morgan fingerprint density at radius 2 is 1.48 bits per heavy atom. The Morgan fingerprint density at radius 1 is 0.852 bits per heavy atom. The number of rotatable bonds is 6. The Hall–Kier alpha value is -3.66. The second kappa shape index (κ2) is 8.15. The molecule has 3 rings (SSSR count). The van der Waals surface area contributed by atoms with Crippen molar-refractivity contribution in [1.82, 2.24) is 0 Å². The molecule has 4 nitrogen and oxygen atoms in total. The van der Waals surface area contributed by atoms with Crippen molar-refractivity contribution in [2.45, 2.75) is 6.92 Å². The monoisotopic (exact) mass is 357 g/mol. The highest BCUT2D eigenvalue weighted by atomic mass is 16.4. The molecule has 0 amide bonds. The number of aryl methyl sites for hydroxylation is 1. The number of nitrogens with one attached hydrogen (secondary N) is 1. The molecule has 134 valence electrons. The first-order chi connectivity index (χ1) is 13.0. The maximum Gasteiger partial charge on any atom is 0.335 e. The van der Waals surface area contributed by atoms with Gasteiger partial charge in [0.25, 0.3) is 0 Å². The summed E-state index contributed by atoms with van der Waals surface area (Å²) < 4.78 is 0. The van der Waals surface area contributed by atoms with E-state index in [0.717, 1.165) is 22.4 Å². The van der Waals surface area contributed by atoms with Gasteiger partial charge in [0.15, 0.2) is 5.78 Å². The first-order valence-corrected chi connectivity index (χ1v) is 8.51. The van der Waals surface area contributed by atoms with Gasteiger partial charge < -0.3 is 10.4 Å². The van der Waals surface area contributed by atoms with Crippen molar-refractivity contribution in [2.24, 2.45) is 0 Å². The smallest absolute Gasteiger partial charge is 0.335 e. The number of hydrogen-bond donors (Lipinski definition) is 2. The minimum absolute atomic E-state index is 0.109. The predicted octanol–water partition coefficient (Wildman–Crippen LogP) is 5.17. The third-order valence-electron chi connectivity index (χ3n) is 4.22. The van der Waals surface area contributed by atoms with E-state index in [9.17, 15) is 9.59 Å². The minimum Gasteiger partial charge on any atom is -0.478 e. The SMILES string of the molecule is Cc1cc(C(=O)O)ccc1N/C=C/C(=O)c1ccc(-c2ccccc2)cc1. The van der Waals surface area contributed by atoms with Crippen LogP contribution in [0, 0.1) is 6.92 Å². The molecular formula is C23H19NO3. The molecule has 0 aliphatic carbocycles. The van der Waals surface area contributed by atoms with Gasteiger partial charge in [-0.3, -0.25) is 4.79 Å². The minimum atomic E-state index is -0.964. The quantitative estimate of drug-likeness (QED) is 0.472. The standard InChI is InChI=1S/C23H19NO3/c1-16-15-20(23(26)27)11-12-21(16)24-14-13-22(25)19-9-7-18(8-10-19)17-5-3-2-4-6-17/h2-15,24H,1H3,(H,26,27)/b14-13+. The van der Waals surface area contributed by atoms with Crippen LogP contribution in [0.5, 0.6) is 0 Å². The van der Waals surface area contributed by atoms with Gasteiger partial charge in [0, 0.05) is 23.5 Å². The van der Waals surface area contributed by atoms with Crippen molar-refractivity contribution in [2.75, 3.05) is 5.32 Å². The highest BCUT2D eigenvalue weighted by Gasteiger charge is 2.05. The van der Waals surface area contributed by atoms with Crippen LogP contribution in [0.2, 0.25) is 0 Å². The average molecular weight is 357 g/mol. The first-order valence-electron chi connectivity index (χ1n) is 8.51. The van der Waals surface area contributed by atoms with Crippen LogP contribution in [0.1, 0.15) is 26.3 Å². The lowest BCUT2D eigenvalue weighted by Gasteiger charge is -2.06. The fourth-order valence-electron chi connectivity index (χ4n) is 2.72. The van der Waals surface area contributed by atoms with Gasteiger partial charge in [0.05, 0.1) is 5.56 Å². The van der Waals surface area contributed by atoms with E-state index in [1.54, 1.807) is 18.3 Å². The van der Waals surface area contributed by atoms with Crippen molar-refractivity contribution in [1.29, 1.82) is 0 Å². The Labute approximate surface area is 157 Å². The Balaban J connectivity index is 1.66. The fraction of sp³-hybridized carbons (Fsp3) is 0.0435. The normalized spacial score (nSPS) is 10.7. The first kappa shape index (κ1) is 18.1. The van der Waals surface area contributed by atoms with Crippen LogP contribution in [-0.2, 0) is 0 Å². The molecule has 0 spiro atoms.